The van der Waals surface area contributed by atoms with Gasteiger partial charge in [-0.2, -0.15) is 5.10 Å². The van der Waals surface area contributed by atoms with Crippen LogP contribution in [0, 0.1) is 0 Å². The standard InChI is InChI=1S/C14H18N4O2/c1-3-4-11-8-13(18-17-11)16-14(19)9-5-10(15)7-12(6-9)20-2/h5-8H,3-4,15H2,1-2H3,(H2,16,17,18,19). The number of rotatable bonds is 5. The van der Waals surface area contributed by atoms with Gasteiger partial charge >= 0.3 is 0 Å². The van der Waals surface area contributed by atoms with Gasteiger partial charge in [0.2, 0.25) is 0 Å². The van der Waals surface area contributed by atoms with E-state index >= 15 is 0 Å². The fourth-order valence-electron chi connectivity index (χ4n) is 1.88. The minimum Gasteiger partial charge on any atom is -0.497 e. The monoisotopic (exact) mass is 274 g/mol. The molecule has 1 amide bonds. The van der Waals surface area contributed by atoms with Crippen molar-refractivity contribution in [3.63, 3.8) is 0 Å². The summed E-state index contributed by atoms with van der Waals surface area (Å²) in [4.78, 5) is 12.1. The van der Waals surface area contributed by atoms with Gasteiger partial charge in [0.25, 0.3) is 5.91 Å². The zero-order chi connectivity index (χ0) is 14.5. The Labute approximate surface area is 117 Å². The Hall–Kier alpha value is -2.50. The van der Waals surface area contributed by atoms with Crippen LogP contribution in [0.1, 0.15) is 29.4 Å². The van der Waals surface area contributed by atoms with E-state index in [1.54, 1.807) is 18.2 Å². The summed E-state index contributed by atoms with van der Waals surface area (Å²) in [6, 6.07) is 6.71. The highest BCUT2D eigenvalue weighted by Gasteiger charge is 2.10. The van der Waals surface area contributed by atoms with Crippen molar-refractivity contribution < 1.29 is 9.53 Å². The highest BCUT2D eigenvalue weighted by molar-refractivity contribution is 6.04. The fourth-order valence-corrected chi connectivity index (χ4v) is 1.88. The molecule has 0 bridgehead atoms. The number of carbonyl (C=O) groups is 1. The predicted octanol–water partition coefficient (Wildman–Crippen LogP) is 2.21. The molecule has 1 aromatic carbocycles. The SMILES string of the molecule is CCCc1cc(NC(=O)c2cc(N)cc(OC)c2)n[nH]1. The quantitative estimate of drug-likeness (QED) is 0.729. The normalized spacial score (nSPS) is 10.3. The van der Waals surface area contributed by atoms with Crippen molar-refractivity contribution in [1.82, 2.24) is 10.2 Å². The van der Waals surface area contributed by atoms with Crippen molar-refractivity contribution >= 4 is 17.4 Å². The molecular weight excluding hydrogens is 256 g/mol. The van der Waals surface area contributed by atoms with Crippen LogP contribution in [-0.2, 0) is 6.42 Å². The highest BCUT2D eigenvalue weighted by Crippen LogP contribution is 2.19. The summed E-state index contributed by atoms with van der Waals surface area (Å²) in [7, 11) is 1.53. The third-order valence-electron chi connectivity index (χ3n) is 2.82. The molecule has 0 spiro atoms. The largest absolute Gasteiger partial charge is 0.497 e. The first-order valence-corrected chi connectivity index (χ1v) is 6.42. The van der Waals surface area contributed by atoms with E-state index < -0.39 is 0 Å². The Morgan fingerprint density at radius 2 is 2.20 bits per heavy atom. The van der Waals surface area contributed by atoms with Crippen LogP contribution in [0.15, 0.2) is 24.3 Å². The maximum absolute atomic E-state index is 12.1. The second-order valence-electron chi connectivity index (χ2n) is 4.48. The van der Waals surface area contributed by atoms with Gasteiger partial charge in [-0.05, 0) is 18.6 Å². The first kappa shape index (κ1) is 13.9. The van der Waals surface area contributed by atoms with Gasteiger partial charge in [-0.25, -0.2) is 0 Å². The molecule has 0 fully saturated rings. The number of aromatic amines is 1. The molecule has 2 aromatic rings. The van der Waals surface area contributed by atoms with Crippen LogP contribution >= 0.6 is 0 Å². The molecule has 4 N–H and O–H groups in total. The van der Waals surface area contributed by atoms with E-state index in [0.29, 0.717) is 22.8 Å². The van der Waals surface area contributed by atoms with E-state index in [-0.39, 0.29) is 5.91 Å². The second-order valence-corrected chi connectivity index (χ2v) is 4.48. The molecule has 0 aliphatic carbocycles. The molecule has 0 atom stereocenters. The summed E-state index contributed by atoms with van der Waals surface area (Å²) in [5.41, 5.74) is 7.63. The molecular formula is C14H18N4O2. The summed E-state index contributed by atoms with van der Waals surface area (Å²) in [6.45, 7) is 2.08. The summed E-state index contributed by atoms with van der Waals surface area (Å²) in [6.07, 6.45) is 1.91. The molecule has 106 valence electrons. The molecule has 0 saturated heterocycles. The lowest BCUT2D eigenvalue weighted by molar-refractivity contribution is 0.102. The Bertz CT molecular complexity index is 607. The molecule has 0 radical (unpaired) electrons. The Kier molecular flexibility index (Phi) is 4.24. The number of nitrogen functional groups attached to an aromatic ring is 1. The van der Waals surface area contributed by atoms with Crippen LogP contribution < -0.4 is 15.8 Å². The number of aryl methyl sites for hydroxylation is 1. The first-order chi connectivity index (χ1) is 9.62. The summed E-state index contributed by atoms with van der Waals surface area (Å²) < 4.78 is 5.09. The number of nitrogens with zero attached hydrogens (tertiary/aromatic N) is 1. The molecule has 2 rings (SSSR count). The van der Waals surface area contributed by atoms with Crippen molar-refractivity contribution in [3.8, 4) is 5.75 Å². The third-order valence-corrected chi connectivity index (χ3v) is 2.82. The predicted molar refractivity (Wildman–Crippen MR) is 77.9 cm³/mol. The van der Waals surface area contributed by atoms with Crippen LogP contribution in [0.2, 0.25) is 0 Å². The maximum Gasteiger partial charge on any atom is 0.257 e. The van der Waals surface area contributed by atoms with E-state index in [1.165, 1.54) is 7.11 Å². The molecule has 1 aromatic heterocycles. The molecule has 0 aliphatic rings. The average Bonchev–Trinajstić information content (AvgIpc) is 2.85. The second kappa shape index (κ2) is 6.10. The van der Waals surface area contributed by atoms with Gasteiger partial charge in [0.15, 0.2) is 5.82 Å². The fraction of sp³-hybridized carbons (Fsp3) is 0.286. The van der Waals surface area contributed by atoms with Crippen molar-refractivity contribution in [2.45, 2.75) is 19.8 Å². The smallest absolute Gasteiger partial charge is 0.257 e. The van der Waals surface area contributed by atoms with Gasteiger partial charge in [0.05, 0.1) is 7.11 Å². The minimum absolute atomic E-state index is 0.273. The Morgan fingerprint density at radius 3 is 2.90 bits per heavy atom. The number of ether oxygens (including phenoxy) is 1. The number of nitrogens with two attached hydrogens (primary N) is 1. The van der Waals surface area contributed by atoms with Gasteiger partial charge < -0.3 is 15.8 Å². The molecule has 6 nitrogen and oxygen atoms in total. The Balaban J connectivity index is 2.12. The number of hydrogen-bond acceptors (Lipinski definition) is 4. The van der Waals surface area contributed by atoms with Crippen LogP contribution in [0.4, 0.5) is 11.5 Å². The highest BCUT2D eigenvalue weighted by atomic mass is 16.5. The molecule has 1 heterocycles. The zero-order valence-corrected chi connectivity index (χ0v) is 11.6. The number of hydrogen-bond donors (Lipinski definition) is 3. The van der Waals surface area contributed by atoms with Crippen molar-refractivity contribution in [2.24, 2.45) is 0 Å². The molecule has 0 unspecified atom stereocenters. The van der Waals surface area contributed by atoms with E-state index in [9.17, 15) is 4.79 Å². The van der Waals surface area contributed by atoms with Gasteiger partial charge in [0.1, 0.15) is 5.75 Å². The lowest BCUT2D eigenvalue weighted by Crippen LogP contribution is -2.12. The molecule has 6 heteroatoms. The average molecular weight is 274 g/mol. The van der Waals surface area contributed by atoms with E-state index in [2.05, 4.69) is 22.4 Å². The van der Waals surface area contributed by atoms with E-state index in [4.69, 9.17) is 10.5 Å². The van der Waals surface area contributed by atoms with Crippen LogP contribution in [0.25, 0.3) is 0 Å². The molecule has 20 heavy (non-hydrogen) atoms. The summed E-state index contributed by atoms with van der Waals surface area (Å²) >= 11 is 0. The van der Waals surface area contributed by atoms with Gasteiger partial charge in [-0.3, -0.25) is 9.89 Å². The molecule has 0 saturated carbocycles. The van der Waals surface area contributed by atoms with Crippen molar-refractivity contribution in [3.05, 3.63) is 35.5 Å². The first-order valence-electron chi connectivity index (χ1n) is 6.42. The zero-order valence-electron chi connectivity index (χ0n) is 11.6. The van der Waals surface area contributed by atoms with E-state index in [0.717, 1.165) is 18.5 Å². The topological polar surface area (TPSA) is 93.0 Å². The molecule has 0 aliphatic heterocycles. The van der Waals surface area contributed by atoms with E-state index in [1.807, 2.05) is 6.07 Å². The summed E-state index contributed by atoms with van der Waals surface area (Å²) in [5.74, 6) is 0.772. The number of aromatic nitrogens is 2. The number of anilines is 2. The van der Waals surface area contributed by atoms with Crippen LogP contribution in [-0.4, -0.2) is 23.2 Å². The van der Waals surface area contributed by atoms with Gasteiger partial charge in [-0.1, -0.05) is 13.3 Å². The van der Waals surface area contributed by atoms with Gasteiger partial charge in [-0.15, -0.1) is 0 Å². The van der Waals surface area contributed by atoms with Crippen LogP contribution in [0.5, 0.6) is 5.75 Å². The minimum atomic E-state index is -0.273. The van der Waals surface area contributed by atoms with Crippen molar-refractivity contribution in [1.29, 1.82) is 0 Å². The van der Waals surface area contributed by atoms with Gasteiger partial charge in [0, 0.05) is 29.1 Å². The third kappa shape index (κ3) is 3.28. The van der Waals surface area contributed by atoms with Crippen LogP contribution in [0.3, 0.4) is 0 Å². The Morgan fingerprint density at radius 1 is 1.40 bits per heavy atom. The maximum atomic E-state index is 12.1. The van der Waals surface area contributed by atoms with Crippen molar-refractivity contribution in [2.75, 3.05) is 18.2 Å². The number of methoxy groups -OCH3 is 1. The number of nitrogens with one attached hydrogen (secondary N) is 2. The number of carbonyl (C=O) groups excluding carboxylic acids is 1. The number of amides is 1. The summed E-state index contributed by atoms with van der Waals surface area (Å²) in [5, 5.41) is 9.65. The number of H-pyrrole nitrogens is 1. The lowest BCUT2D eigenvalue weighted by atomic mass is 10.1. The lowest BCUT2D eigenvalue weighted by Gasteiger charge is -2.06. The number of benzene rings is 1.